The Hall–Kier alpha value is -2.32. The van der Waals surface area contributed by atoms with Gasteiger partial charge in [0.25, 0.3) is 5.91 Å². The molecule has 3 aromatic rings. The van der Waals surface area contributed by atoms with Crippen molar-refractivity contribution in [3.05, 3.63) is 40.4 Å². The second kappa shape index (κ2) is 7.28. The molecule has 0 aliphatic rings. The van der Waals surface area contributed by atoms with E-state index in [4.69, 9.17) is 14.2 Å². The van der Waals surface area contributed by atoms with Crippen LogP contribution in [0.3, 0.4) is 0 Å². The van der Waals surface area contributed by atoms with Crippen LogP contribution in [0.2, 0.25) is 0 Å². The minimum absolute atomic E-state index is 0.311. The zero-order chi connectivity index (χ0) is 18.0. The van der Waals surface area contributed by atoms with Crippen molar-refractivity contribution in [1.29, 1.82) is 0 Å². The summed E-state index contributed by atoms with van der Waals surface area (Å²) in [4.78, 5) is 17.1. The van der Waals surface area contributed by atoms with Gasteiger partial charge < -0.3 is 14.2 Å². The van der Waals surface area contributed by atoms with Crippen LogP contribution in [0.5, 0.6) is 17.2 Å². The van der Waals surface area contributed by atoms with Crippen LogP contribution in [0.1, 0.15) is 10.4 Å². The Labute approximate surface area is 156 Å². The van der Waals surface area contributed by atoms with Gasteiger partial charge in [0.2, 0.25) is 5.75 Å². The summed E-state index contributed by atoms with van der Waals surface area (Å²) >= 11 is 4.86. The Morgan fingerprint density at radius 3 is 2.36 bits per heavy atom. The molecule has 0 spiro atoms. The van der Waals surface area contributed by atoms with Gasteiger partial charge in [0.05, 0.1) is 31.5 Å². The number of aromatic nitrogens is 1. The summed E-state index contributed by atoms with van der Waals surface area (Å²) in [5.74, 6) is 0.956. The summed E-state index contributed by atoms with van der Waals surface area (Å²) < 4.78 is 17.7. The minimum atomic E-state index is -0.311. The van der Waals surface area contributed by atoms with Crippen LogP contribution < -0.4 is 19.5 Å². The predicted octanol–water partition coefficient (Wildman–Crippen LogP) is 4.34. The Morgan fingerprint density at radius 1 is 1.12 bits per heavy atom. The van der Waals surface area contributed by atoms with E-state index in [1.807, 2.05) is 18.2 Å². The predicted molar refractivity (Wildman–Crippen MR) is 101 cm³/mol. The summed E-state index contributed by atoms with van der Waals surface area (Å²) in [6.45, 7) is 0. The first kappa shape index (κ1) is 17.5. The summed E-state index contributed by atoms with van der Waals surface area (Å²) in [6, 6.07) is 8.98. The second-order valence-corrected chi connectivity index (χ2v) is 6.86. The van der Waals surface area contributed by atoms with Crippen LogP contribution in [-0.2, 0) is 0 Å². The lowest BCUT2D eigenvalue weighted by Crippen LogP contribution is -2.12. The van der Waals surface area contributed by atoms with Gasteiger partial charge in [-0.2, -0.15) is 0 Å². The molecule has 0 aliphatic carbocycles. The first-order valence-corrected chi connectivity index (χ1v) is 8.84. The average molecular weight is 423 g/mol. The van der Waals surface area contributed by atoms with Crippen molar-refractivity contribution in [1.82, 2.24) is 4.98 Å². The number of ether oxygens (including phenoxy) is 3. The lowest BCUT2D eigenvalue weighted by atomic mass is 10.1. The highest BCUT2D eigenvalue weighted by Crippen LogP contribution is 2.38. The second-order valence-electron chi connectivity index (χ2n) is 4.97. The number of methoxy groups -OCH3 is 3. The molecule has 130 valence electrons. The van der Waals surface area contributed by atoms with E-state index < -0.39 is 0 Å². The summed E-state index contributed by atoms with van der Waals surface area (Å²) in [6.07, 6.45) is 0. The highest BCUT2D eigenvalue weighted by molar-refractivity contribution is 9.10. The fraction of sp³-hybridized carbons (Fsp3) is 0.176. The smallest absolute Gasteiger partial charge is 0.257 e. The number of thiazole rings is 1. The lowest BCUT2D eigenvalue weighted by Gasteiger charge is -2.13. The molecule has 0 saturated carbocycles. The fourth-order valence-corrected chi connectivity index (χ4v) is 3.82. The van der Waals surface area contributed by atoms with Crippen LogP contribution in [0.4, 0.5) is 5.13 Å². The quantitative estimate of drug-likeness (QED) is 0.662. The molecule has 0 unspecified atom stereocenters. The largest absolute Gasteiger partial charge is 0.493 e. The number of hydrogen-bond acceptors (Lipinski definition) is 6. The van der Waals surface area contributed by atoms with Crippen molar-refractivity contribution in [2.75, 3.05) is 26.6 Å². The lowest BCUT2D eigenvalue weighted by molar-refractivity contribution is 0.102. The molecule has 0 aliphatic heterocycles. The molecule has 1 heterocycles. The third kappa shape index (κ3) is 3.40. The van der Waals surface area contributed by atoms with Gasteiger partial charge in [-0.1, -0.05) is 17.4 Å². The highest BCUT2D eigenvalue weighted by atomic mass is 79.9. The van der Waals surface area contributed by atoms with E-state index in [0.717, 1.165) is 14.7 Å². The van der Waals surface area contributed by atoms with Crippen molar-refractivity contribution in [3.8, 4) is 17.2 Å². The Bertz CT molecular complexity index is 917. The van der Waals surface area contributed by atoms with E-state index in [2.05, 4.69) is 26.2 Å². The minimum Gasteiger partial charge on any atom is -0.493 e. The summed E-state index contributed by atoms with van der Waals surface area (Å²) in [5, 5.41) is 3.33. The summed E-state index contributed by atoms with van der Waals surface area (Å²) in [7, 11) is 4.52. The van der Waals surface area contributed by atoms with E-state index in [1.165, 1.54) is 32.7 Å². The molecule has 0 atom stereocenters. The molecule has 0 fully saturated rings. The first-order valence-electron chi connectivity index (χ1n) is 7.23. The number of para-hydroxylation sites is 1. The van der Waals surface area contributed by atoms with Crippen LogP contribution >= 0.6 is 27.3 Å². The molecule has 0 saturated heterocycles. The van der Waals surface area contributed by atoms with Crippen molar-refractivity contribution < 1.29 is 19.0 Å². The first-order chi connectivity index (χ1) is 12.1. The Kier molecular flexibility index (Phi) is 5.10. The van der Waals surface area contributed by atoms with Gasteiger partial charge in [-0.3, -0.25) is 10.1 Å². The number of carbonyl (C=O) groups is 1. The number of rotatable bonds is 5. The maximum Gasteiger partial charge on any atom is 0.257 e. The standard InChI is InChI=1S/C17H15BrN2O4S/c1-22-11-7-9(8-12(23-2)15(11)24-3)16(21)20-17-19-14-10(18)5-4-6-13(14)25-17/h4-8H,1-3H3,(H,19,20,21). The van der Waals surface area contributed by atoms with Gasteiger partial charge in [0.15, 0.2) is 16.6 Å². The van der Waals surface area contributed by atoms with Crippen molar-refractivity contribution in [2.24, 2.45) is 0 Å². The molecule has 8 heteroatoms. The number of nitrogens with zero attached hydrogens (tertiary/aromatic N) is 1. The Morgan fingerprint density at radius 2 is 1.80 bits per heavy atom. The maximum atomic E-state index is 12.6. The summed E-state index contributed by atoms with van der Waals surface area (Å²) in [5.41, 5.74) is 1.19. The SMILES string of the molecule is COc1cc(C(=O)Nc2nc3c(Br)cccc3s2)cc(OC)c1OC. The van der Waals surface area contributed by atoms with Crippen molar-refractivity contribution in [3.63, 3.8) is 0 Å². The average Bonchev–Trinajstić information content (AvgIpc) is 3.04. The molecule has 1 aromatic heterocycles. The third-order valence-electron chi connectivity index (χ3n) is 3.52. The number of amides is 1. The molecule has 1 amide bonds. The molecule has 0 radical (unpaired) electrons. The molecular formula is C17H15BrN2O4S. The van der Waals surface area contributed by atoms with E-state index in [1.54, 1.807) is 12.1 Å². The van der Waals surface area contributed by atoms with E-state index >= 15 is 0 Å². The molecule has 3 rings (SSSR count). The maximum absolute atomic E-state index is 12.6. The third-order valence-corrected chi connectivity index (χ3v) is 5.09. The molecule has 2 aromatic carbocycles. The van der Waals surface area contributed by atoms with E-state index in [9.17, 15) is 4.79 Å². The number of fused-ring (bicyclic) bond motifs is 1. The normalized spacial score (nSPS) is 10.6. The van der Waals surface area contributed by atoms with E-state index in [0.29, 0.717) is 27.9 Å². The molecule has 6 nitrogen and oxygen atoms in total. The molecule has 25 heavy (non-hydrogen) atoms. The molecule has 1 N–H and O–H groups in total. The van der Waals surface area contributed by atoms with Crippen molar-refractivity contribution in [2.45, 2.75) is 0 Å². The number of nitrogens with one attached hydrogen (secondary N) is 1. The van der Waals surface area contributed by atoms with Gasteiger partial charge in [-0.25, -0.2) is 4.98 Å². The van der Waals surface area contributed by atoms with Gasteiger partial charge in [-0.05, 0) is 40.2 Å². The number of hydrogen-bond donors (Lipinski definition) is 1. The van der Waals surface area contributed by atoms with E-state index in [-0.39, 0.29) is 5.91 Å². The van der Waals surface area contributed by atoms with Crippen LogP contribution in [0.25, 0.3) is 10.2 Å². The number of halogens is 1. The van der Waals surface area contributed by atoms with Gasteiger partial charge in [0, 0.05) is 10.0 Å². The van der Waals surface area contributed by atoms with Gasteiger partial charge >= 0.3 is 0 Å². The van der Waals surface area contributed by atoms with Crippen LogP contribution in [0.15, 0.2) is 34.8 Å². The molecule has 0 bridgehead atoms. The van der Waals surface area contributed by atoms with Crippen LogP contribution in [0, 0.1) is 0 Å². The fourth-order valence-electron chi connectivity index (χ4n) is 2.35. The Balaban J connectivity index is 1.93. The van der Waals surface area contributed by atoms with Gasteiger partial charge in [-0.15, -0.1) is 0 Å². The number of anilines is 1. The zero-order valence-corrected chi connectivity index (χ0v) is 16.2. The number of carbonyl (C=O) groups excluding carboxylic acids is 1. The zero-order valence-electron chi connectivity index (χ0n) is 13.8. The van der Waals surface area contributed by atoms with Crippen LogP contribution in [-0.4, -0.2) is 32.2 Å². The van der Waals surface area contributed by atoms with Crippen molar-refractivity contribution >= 4 is 48.5 Å². The number of benzene rings is 2. The monoisotopic (exact) mass is 422 g/mol. The molecular weight excluding hydrogens is 408 g/mol. The van der Waals surface area contributed by atoms with Gasteiger partial charge in [0.1, 0.15) is 0 Å². The topological polar surface area (TPSA) is 69.7 Å². The highest BCUT2D eigenvalue weighted by Gasteiger charge is 2.18.